The summed E-state index contributed by atoms with van der Waals surface area (Å²) in [7, 11) is 0. The second-order valence-electron chi connectivity index (χ2n) is 6.79. The molecule has 4 nitrogen and oxygen atoms in total. The van der Waals surface area contributed by atoms with Crippen molar-refractivity contribution < 1.29 is 14.3 Å². The number of hydrogen-bond donors (Lipinski definition) is 1. The number of carbonyl (C=O) groups is 1. The van der Waals surface area contributed by atoms with Crippen molar-refractivity contribution in [2.45, 2.75) is 32.7 Å². The van der Waals surface area contributed by atoms with Crippen molar-refractivity contribution in [1.29, 1.82) is 0 Å². The van der Waals surface area contributed by atoms with Gasteiger partial charge in [-0.2, -0.15) is 0 Å². The van der Waals surface area contributed by atoms with Crippen molar-refractivity contribution >= 4 is 12.0 Å². The minimum absolute atomic E-state index is 0.119. The van der Waals surface area contributed by atoms with Gasteiger partial charge in [-0.1, -0.05) is 44.2 Å². The molecule has 0 saturated heterocycles. The second-order valence-corrected chi connectivity index (χ2v) is 6.79. The van der Waals surface area contributed by atoms with Crippen molar-refractivity contribution in [3.63, 3.8) is 0 Å². The summed E-state index contributed by atoms with van der Waals surface area (Å²) in [6, 6.07) is 13.9. The quantitative estimate of drug-likeness (QED) is 0.809. The number of hydrogen-bond acceptors (Lipinski definition) is 3. The monoisotopic (exact) mass is 351 g/mol. The van der Waals surface area contributed by atoms with Crippen LogP contribution in [0.1, 0.15) is 49.4 Å². The number of benzene rings is 2. The maximum Gasteiger partial charge on any atom is 0.244 e. The molecule has 26 heavy (non-hydrogen) atoms. The van der Waals surface area contributed by atoms with Crippen molar-refractivity contribution in [2.24, 2.45) is 0 Å². The minimum atomic E-state index is -0.125. The number of nitrogens with one attached hydrogen (secondary N) is 1. The van der Waals surface area contributed by atoms with Crippen molar-refractivity contribution in [2.75, 3.05) is 13.2 Å². The number of rotatable bonds is 5. The van der Waals surface area contributed by atoms with Gasteiger partial charge >= 0.3 is 0 Å². The molecule has 1 N–H and O–H groups in total. The fourth-order valence-corrected chi connectivity index (χ4v) is 2.84. The summed E-state index contributed by atoms with van der Waals surface area (Å²) in [6.07, 6.45) is 3.40. The van der Waals surface area contributed by atoms with Gasteiger partial charge in [0.2, 0.25) is 5.91 Å². The van der Waals surface area contributed by atoms with Gasteiger partial charge in [-0.15, -0.1) is 0 Å². The lowest BCUT2D eigenvalue weighted by Gasteiger charge is -2.20. The van der Waals surface area contributed by atoms with Gasteiger partial charge in [0.05, 0.1) is 6.04 Å². The van der Waals surface area contributed by atoms with Crippen LogP contribution in [0.15, 0.2) is 48.5 Å². The highest BCUT2D eigenvalue weighted by Crippen LogP contribution is 2.32. The molecule has 2 aromatic carbocycles. The third-order valence-corrected chi connectivity index (χ3v) is 4.46. The predicted molar refractivity (Wildman–Crippen MR) is 104 cm³/mol. The van der Waals surface area contributed by atoms with Gasteiger partial charge in [0, 0.05) is 6.08 Å². The van der Waals surface area contributed by atoms with E-state index in [0.29, 0.717) is 19.1 Å². The molecule has 136 valence electrons. The Kier molecular flexibility index (Phi) is 5.61. The first kappa shape index (κ1) is 18.1. The summed E-state index contributed by atoms with van der Waals surface area (Å²) in [5.41, 5.74) is 3.28. The van der Waals surface area contributed by atoms with Crippen molar-refractivity contribution in [3.8, 4) is 11.5 Å². The van der Waals surface area contributed by atoms with E-state index in [4.69, 9.17) is 9.47 Å². The summed E-state index contributed by atoms with van der Waals surface area (Å²) in [6.45, 7) is 7.40. The zero-order valence-electron chi connectivity index (χ0n) is 15.5. The Hall–Kier alpha value is -2.75. The van der Waals surface area contributed by atoms with Gasteiger partial charge in [-0.05, 0) is 47.7 Å². The molecule has 0 radical (unpaired) electrons. The molecule has 0 aliphatic carbocycles. The molecular weight excluding hydrogens is 326 g/mol. The SMILES string of the molecule is CC(C)c1ccc(/C=C/C(=O)NC(C)c2ccc3c(c2)OCCO3)cc1. The molecular formula is C22H25NO3. The van der Waals surface area contributed by atoms with E-state index in [-0.39, 0.29) is 11.9 Å². The van der Waals surface area contributed by atoms with Crippen LogP contribution < -0.4 is 14.8 Å². The normalized spacial score (nSPS) is 14.5. The Balaban J connectivity index is 1.60. The Morgan fingerprint density at radius 3 is 2.31 bits per heavy atom. The zero-order valence-corrected chi connectivity index (χ0v) is 15.5. The van der Waals surface area contributed by atoms with E-state index in [0.717, 1.165) is 22.6 Å². The molecule has 0 fully saturated rings. The Morgan fingerprint density at radius 2 is 1.62 bits per heavy atom. The summed E-state index contributed by atoms with van der Waals surface area (Å²) in [5.74, 6) is 1.86. The van der Waals surface area contributed by atoms with Gasteiger partial charge in [0.15, 0.2) is 11.5 Å². The molecule has 0 spiro atoms. The van der Waals surface area contributed by atoms with Gasteiger partial charge in [0.1, 0.15) is 13.2 Å². The Bertz CT molecular complexity index is 794. The van der Waals surface area contributed by atoms with E-state index in [1.807, 2.05) is 43.3 Å². The van der Waals surface area contributed by atoms with E-state index in [1.165, 1.54) is 5.56 Å². The van der Waals surface area contributed by atoms with Gasteiger partial charge in [0.25, 0.3) is 0 Å². The van der Waals surface area contributed by atoms with Crippen LogP contribution in [-0.2, 0) is 4.79 Å². The summed E-state index contributed by atoms with van der Waals surface area (Å²) >= 11 is 0. The van der Waals surface area contributed by atoms with Crippen LogP contribution in [0.25, 0.3) is 6.08 Å². The molecule has 1 aliphatic rings. The van der Waals surface area contributed by atoms with Crippen LogP contribution in [0, 0.1) is 0 Å². The largest absolute Gasteiger partial charge is 0.486 e. The number of carbonyl (C=O) groups excluding carboxylic acids is 1. The lowest BCUT2D eigenvalue weighted by Crippen LogP contribution is -2.25. The first-order valence-corrected chi connectivity index (χ1v) is 9.01. The van der Waals surface area contributed by atoms with Crippen LogP contribution in [-0.4, -0.2) is 19.1 Å². The lowest BCUT2D eigenvalue weighted by molar-refractivity contribution is -0.117. The molecule has 2 aromatic rings. The third kappa shape index (κ3) is 4.45. The van der Waals surface area contributed by atoms with Crippen LogP contribution in [0.4, 0.5) is 0 Å². The second kappa shape index (κ2) is 8.09. The molecule has 4 heteroatoms. The maximum absolute atomic E-state index is 12.2. The molecule has 0 bridgehead atoms. The maximum atomic E-state index is 12.2. The highest BCUT2D eigenvalue weighted by Gasteiger charge is 2.15. The lowest BCUT2D eigenvalue weighted by atomic mass is 10.0. The van der Waals surface area contributed by atoms with Crippen LogP contribution in [0.3, 0.4) is 0 Å². The molecule has 1 amide bonds. The summed E-state index contributed by atoms with van der Waals surface area (Å²) in [4.78, 5) is 12.2. The van der Waals surface area contributed by atoms with Crippen LogP contribution >= 0.6 is 0 Å². The third-order valence-electron chi connectivity index (χ3n) is 4.46. The van der Waals surface area contributed by atoms with Gasteiger partial charge in [-0.3, -0.25) is 4.79 Å². The van der Waals surface area contributed by atoms with Gasteiger partial charge < -0.3 is 14.8 Å². The molecule has 3 rings (SSSR count). The van der Waals surface area contributed by atoms with E-state index < -0.39 is 0 Å². The smallest absolute Gasteiger partial charge is 0.244 e. The Morgan fingerprint density at radius 1 is 0.962 bits per heavy atom. The average Bonchev–Trinajstić information content (AvgIpc) is 2.66. The highest BCUT2D eigenvalue weighted by atomic mass is 16.6. The van der Waals surface area contributed by atoms with Crippen LogP contribution in [0.5, 0.6) is 11.5 Å². The molecule has 1 unspecified atom stereocenters. The molecule has 1 heterocycles. The zero-order chi connectivity index (χ0) is 18.5. The molecule has 0 saturated carbocycles. The fraction of sp³-hybridized carbons (Fsp3) is 0.318. The number of ether oxygens (including phenoxy) is 2. The van der Waals surface area contributed by atoms with E-state index >= 15 is 0 Å². The Labute approximate surface area is 154 Å². The predicted octanol–water partition coefficient (Wildman–Crippen LogP) is 4.47. The van der Waals surface area contributed by atoms with Crippen molar-refractivity contribution in [3.05, 3.63) is 65.2 Å². The van der Waals surface area contributed by atoms with Gasteiger partial charge in [-0.25, -0.2) is 0 Å². The molecule has 0 aromatic heterocycles. The van der Waals surface area contributed by atoms with E-state index in [1.54, 1.807) is 6.08 Å². The highest BCUT2D eigenvalue weighted by molar-refractivity contribution is 5.92. The first-order chi connectivity index (χ1) is 12.5. The standard InChI is InChI=1S/C22H25NO3/c1-15(2)18-7-4-17(5-8-18)6-11-22(24)23-16(3)19-9-10-20-21(14-19)26-13-12-25-20/h4-11,14-16H,12-13H2,1-3H3,(H,23,24)/b11-6+. The fourth-order valence-electron chi connectivity index (χ4n) is 2.84. The van der Waals surface area contributed by atoms with E-state index in [9.17, 15) is 4.79 Å². The number of amides is 1. The van der Waals surface area contributed by atoms with E-state index in [2.05, 4.69) is 31.3 Å². The summed E-state index contributed by atoms with van der Waals surface area (Å²) < 4.78 is 11.1. The first-order valence-electron chi connectivity index (χ1n) is 9.01. The molecule has 1 aliphatic heterocycles. The summed E-state index contributed by atoms with van der Waals surface area (Å²) in [5, 5.41) is 2.98. The minimum Gasteiger partial charge on any atom is -0.486 e. The molecule has 1 atom stereocenters. The number of fused-ring (bicyclic) bond motifs is 1. The average molecular weight is 351 g/mol. The topological polar surface area (TPSA) is 47.6 Å². The van der Waals surface area contributed by atoms with Crippen molar-refractivity contribution in [1.82, 2.24) is 5.32 Å². The van der Waals surface area contributed by atoms with Crippen LogP contribution in [0.2, 0.25) is 0 Å².